The Labute approximate surface area is 335 Å². The number of oxazole rings is 1. The molecule has 0 radical (unpaired) electrons. The lowest BCUT2D eigenvalue weighted by molar-refractivity contribution is -0.127. The number of ketones is 1. The van der Waals surface area contributed by atoms with Crippen LogP contribution in [0.15, 0.2) is 65.2 Å². The average Bonchev–Trinajstić information content (AvgIpc) is 3.83. The average molecular weight is 785 g/mol. The number of halogens is 2. The summed E-state index contributed by atoms with van der Waals surface area (Å²) in [4.78, 5) is 34.8. The molecule has 8 rings (SSSR count). The van der Waals surface area contributed by atoms with Gasteiger partial charge in [-0.2, -0.15) is 5.26 Å². The number of hydrogen-bond acceptors (Lipinski definition) is 11. The van der Waals surface area contributed by atoms with E-state index in [1.54, 1.807) is 12.3 Å². The third kappa shape index (κ3) is 7.92. The third-order valence-electron chi connectivity index (χ3n) is 11.5. The number of nitrogens with one attached hydrogen (secondary N) is 1. The first-order chi connectivity index (χ1) is 27.9. The van der Waals surface area contributed by atoms with E-state index in [2.05, 4.69) is 36.1 Å². The molecule has 13 heteroatoms. The Morgan fingerprint density at radius 2 is 1.60 bits per heavy atom. The summed E-state index contributed by atoms with van der Waals surface area (Å²) in [7, 11) is 0. The maximum atomic E-state index is 14.1. The van der Waals surface area contributed by atoms with Crippen LogP contribution < -0.4 is 5.32 Å². The number of nitriles is 1. The minimum absolute atomic E-state index is 0.0475. The first kappa shape index (κ1) is 39.2. The molecule has 0 spiro atoms. The molecular formula is C45H46F2N8O3. The van der Waals surface area contributed by atoms with Crippen molar-refractivity contribution >= 4 is 39.4 Å². The molecule has 0 bridgehead atoms. The van der Waals surface area contributed by atoms with Gasteiger partial charge in [0.2, 0.25) is 5.89 Å². The van der Waals surface area contributed by atoms with Gasteiger partial charge >= 0.3 is 0 Å². The molecule has 3 aromatic carbocycles. The molecule has 2 fully saturated rings. The quantitative estimate of drug-likeness (QED) is 0.130. The molecule has 6 aromatic rings. The van der Waals surface area contributed by atoms with Crippen LogP contribution in [0.1, 0.15) is 73.2 Å². The van der Waals surface area contributed by atoms with Crippen molar-refractivity contribution in [1.29, 1.82) is 5.26 Å². The third-order valence-corrected chi connectivity index (χ3v) is 11.5. The fourth-order valence-corrected chi connectivity index (χ4v) is 8.40. The number of aromatic nitrogens is 4. The van der Waals surface area contributed by atoms with Gasteiger partial charge in [0.25, 0.3) is 6.43 Å². The van der Waals surface area contributed by atoms with E-state index in [1.165, 1.54) is 0 Å². The van der Waals surface area contributed by atoms with Gasteiger partial charge in [0, 0.05) is 55.5 Å². The summed E-state index contributed by atoms with van der Waals surface area (Å²) in [6.07, 6.45) is 0.830. The summed E-state index contributed by atoms with van der Waals surface area (Å²) in [5, 5.41) is 23.4. The van der Waals surface area contributed by atoms with Crippen molar-refractivity contribution in [2.24, 2.45) is 11.8 Å². The number of fused-ring (bicyclic) bond motifs is 2. The van der Waals surface area contributed by atoms with Crippen LogP contribution in [-0.2, 0) is 17.9 Å². The number of hydrogen-bond donors (Lipinski definition) is 2. The minimum atomic E-state index is -2.88. The van der Waals surface area contributed by atoms with E-state index in [0.29, 0.717) is 71.1 Å². The second-order valence-electron chi connectivity index (χ2n) is 15.9. The lowest BCUT2D eigenvalue weighted by Gasteiger charge is -2.32. The van der Waals surface area contributed by atoms with E-state index >= 15 is 0 Å². The topological polar surface area (TPSA) is 144 Å². The molecule has 298 valence electrons. The molecule has 3 aromatic heterocycles. The molecule has 0 saturated carbocycles. The minimum Gasteiger partial charge on any atom is -0.435 e. The largest absolute Gasteiger partial charge is 0.435 e. The van der Waals surface area contributed by atoms with E-state index < -0.39 is 12.2 Å². The van der Waals surface area contributed by atoms with Crippen molar-refractivity contribution in [3.05, 3.63) is 94.4 Å². The molecule has 1 atom stereocenters. The molecule has 0 amide bonds. The number of β-amino-alcohol motifs (C(OH)–C–C–N with tert-alkyl or cyclic N) is 1. The molecule has 2 saturated heterocycles. The summed E-state index contributed by atoms with van der Waals surface area (Å²) >= 11 is 0. The number of anilines is 2. The number of aliphatic hydroxyl groups excluding tert-OH is 1. The number of pyridine rings is 1. The lowest BCUT2D eigenvalue weighted by atomic mass is 9.87. The molecule has 58 heavy (non-hydrogen) atoms. The van der Waals surface area contributed by atoms with Gasteiger partial charge in [0.05, 0.1) is 17.2 Å². The second kappa shape index (κ2) is 16.3. The summed E-state index contributed by atoms with van der Waals surface area (Å²) in [5.41, 5.74) is 9.00. The normalized spacial score (nSPS) is 16.9. The Kier molecular flexibility index (Phi) is 11.0. The smallest absolute Gasteiger partial charge is 0.297 e. The zero-order valence-electron chi connectivity index (χ0n) is 33.1. The van der Waals surface area contributed by atoms with Crippen LogP contribution in [0.25, 0.3) is 44.7 Å². The van der Waals surface area contributed by atoms with E-state index in [0.717, 1.165) is 71.4 Å². The van der Waals surface area contributed by atoms with Crippen LogP contribution in [-0.4, -0.2) is 72.9 Å². The number of piperidine rings is 1. The fourth-order valence-electron chi connectivity index (χ4n) is 8.40. The number of likely N-dealkylation sites (tertiary alicyclic amines) is 2. The van der Waals surface area contributed by atoms with Gasteiger partial charge in [-0.05, 0) is 110 Å². The number of benzene rings is 3. The van der Waals surface area contributed by atoms with Crippen molar-refractivity contribution < 1.29 is 23.1 Å². The van der Waals surface area contributed by atoms with E-state index in [4.69, 9.17) is 9.40 Å². The predicted molar refractivity (Wildman–Crippen MR) is 218 cm³/mol. The highest BCUT2D eigenvalue weighted by Gasteiger charge is 2.27. The number of Topliss-reactive ketones (excluding diaryl/α,β-unsaturated/α-hetero) is 1. The van der Waals surface area contributed by atoms with Crippen LogP contribution in [0.4, 0.5) is 20.3 Å². The predicted octanol–water partition coefficient (Wildman–Crippen LogP) is 8.67. The maximum Gasteiger partial charge on any atom is 0.297 e. The standard InChI is InChI=1S/C45H46F2N8O3/c1-25(2)40(57)30-11-14-54(15-12-30)22-28-17-31(20-48)41-38(18-28)52-45(58-41)35-9-5-7-33(26(35)3)34-8-6-10-36(27(34)4)50-43-39-37(51-44(53-43)42(46)47)19-29(21-49-39)23-55-16-13-32(56)24-55/h5-10,17-19,21,25,30,32,42,56H,11-16,22-24H2,1-4H3,(H,50,51,53)/t32-/m1/s1. The van der Waals surface area contributed by atoms with Crippen molar-refractivity contribution in [2.75, 3.05) is 31.5 Å². The molecule has 5 heterocycles. The van der Waals surface area contributed by atoms with Gasteiger partial charge in [-0.15, -0.1) is 0 Å². The van der Waals surface area contributed by atoms with E-state index in [9.17, 15) is 23.9 Å². The molecule has 2 N–H and O–H groups in total. The Morgan fingerprint density at radius 3 is 2.31 bits per heavy atom. The Morgan fingerprint density at radius 1 is 0.914 bits per heavy atom. The van der Waals surface area contributed by atoms with E-state index in [-0.39, 0.29) is 23.8 Å². The lowest BCUT2D eigenvalue weighted by Crippen LogP contribution is -2.37. The van der Waals surface area contributed by atoms with Crippen molar-refractivity contribution in [1.82, 2.24) is 29.7 Å². The SMILES string of the molecule is Cc1c(Nc2nc(C(F)F)nc3cc(CN4CC[C@@H](O)C4)cnc23)cccc1-c1cccc(-c2nc3cc(CN4CCC(C(=O)C(C)C)CC4)cc(C#N)c3o2)c1C. The van der Waals surface area contributed by atoms with Crippen molar-refractivity contribution in [3.63, 3.8) is 0 Å². The van der Waals surface area contributed by atoms with Gasteiger partial charge in [-0.25, -0.2) is 23.7 Å². The summed E-state index contributed by atoms with van der Waals surface area (Å²) in [6.45, 7) is 12.0. The number of carbonyl (C=O) groups is 1. The number of carbonyl (C=O) groups excluding carboxylic acids is 1. The fraction of sp³-hybridized carbons (Fsp3) is 0.378. The number of aliphatic hydroxyl groups is 1. The molecule has 2 aliphatic heterocycles. The Hall–Kier alpha value is -5.68. The first-order valence-electron chi connectivity index (χ1n) is 19.9. The molecule has 11 nitrogen and oxygen atoms in total. The summed E-state index contributed by atoms with van der Waals surface area (Å²) < 4.78 is 34.5. The Balaban J connectivity index is 1.06. The van der Waals surface area contributed by atoms with Gasteiger partial charge < -0.3 is 14.8 Å². The zero-order valence-corrected chi connectivity index (χ0v) is 33.1. The van der Waals surface area contributed by atoms with Crippen molar-refractivity contribution in [2.45, 2.75) is 72.6 Å². The molecule has 0 aliphatic carbocycles. The zero-order chi connectivity index (χ0) is 40.7. The number of rotatable bonds is 11. The first-order valence-corrected chi connectivity index (χ1v) is 19.9. The van der Waals surface area contributed by atoms with Crippen LogP contribution >= 0.6 is 0 Å². The highest BCUT2D eigenvalue weighted by molar-refractivity contribution is 5.90. The highest BCUT2D eigenvalue weighted by Crippen LogP contribution is 2.38. The van der Waals surface area contributed by atoms with Crippen molar-refractivity contribution in [3.8, 4) is 28.7 Å². The Bertz CT molecular complexity index is 2560. The van der Waals surface area contributed by atoms with Crippen LogP contribution in [0.5, 0.6) is 0 Å². The maximum absolute atomic E-state index is 14.1. The highest BCUT2D eigenvalue weighted by atomic mass is 19.3. The molecular weight excluding hydrogens is 739 g/mol. The van der Waals surface area contributed by atoms with Crippen LogP contribution in [0, 0.1) is 37.0 Å². The van der Waals surface area contributed by atoms with Gasteiger partial charge in [0.1, 0.15) is 22.9 Å². The van der Waals surface area contributed by atoms with Crippen LogP contribution in [0.3, 0.4) is 0 Å². The molecule has 2 aliphatic rings. The van der Waals surface area contributed by atoms with E-state index in [1.807, 2.05) is 76.2 Å². The molecule has 0 unspecified atom stereocenters. The summed E-state index contributed by atoms with van der Waals surface area (Å²) in [5.74, 6) is 0.493. The van der Waals surface area contributed by atoms with Crippen LogP contribution in [0.2, 0.25) is 0 Å². The number of nitrogens with zero attached hydrogens (tertiary/aromatic N) is 7. The van der Waals surface area contributed by atoms with Gasteiger partial charge in [-0.1, -0.05) is 38.1 Å². The van der Waals surface area contributed by atoms with Gasteiger partial charge in [-0.3, -0.25) is 19.6 Å². The monoisotopic (exact) mass is 784 g/mol. The summed E-state index contributed by atoms with van der Waals surface area (Å²) in [6, 6.07) is 19.6. The second-order valence-corrected chi connectivity index (χ2v) is 15.9. The van der Waals surface area contributed by atoms with Gasteiger partial charge in [0.15, 0.2) is 17.2 Å². The number of alkyl halides is 2.